The SMILES string of the molecule is CC(C)N1Cc2c(n(CC(=O)Nc3ccc(F)cn3)c3cc(NC4CC5(CCC5)C4)nn3c2=O)C1=O. The Bertz CT molecular complexity index is 1430. The van der Waals surface area contributed by atoms with E-state index in [9.17, 15) is 18.8 Å². The summed E-state index contributed by atoms with van der Waals surface area (Å²) >= 11 is 0. The van der Waals surface area contributed by atoms with Crippen LogP contribution in [0.1, 0.15) is 62.0 Å². The van der Waals surface area contributed by atoms with Gasteiger partial charge in [-0.15, -0.1) is 5.10 Å². The van der Waals surface area contributed by atoms with Crippen LogP contribution in [0.2, 0.25) is 0 Å². The Kier molecular flexibility index (Phi) is 5.13. The number of hydrogen-bond donors (Lipinski definition) is 2. The van der Waals surface area contributed by atoms with Crippen LogP contribution in [0, 0.1) is 11.2 Å². The van der Waals surface area contributed by atoms with Gasteiger partial charge in [0.2, 0.25) is 5.91 Å². The molecule has 0 bridgehead atoms. The second kappa shape index (κ2) is 8.14. The molecule has 0 aromatic carbocycles. The van der Waals surface area contributed by atoms with E-state index in [1.165, 1.54) is 35.9 Å². The summed E-state index contributed by atoms with van der Waals surface area (Å²) in [5.41, 5.74) is 1.01. The minimum atomic E-state index is -0.513. The summed E-state index contributed by atoms with van der Waals surface area (Å²) in [7, 11) is 0. The van der Waals surface area contributed by atoms with Crippen LogP contribution in [0.25, 0.3) is 5.65 Å². The molecule has 3 aromatic heterocycles. The Balaban J connectivity index is 1.35. The molecule has 0 radical (unpaired) electrons. The topological polar surface area (TPSA) is 114 Å². The number of hydrogen-bond acceptors (Lipinski definition) is 6. The number of anilines is 2. The molecule has 6 rings (SSSR count). The molecule has 2 N–H and O–H groups in total. The van der Waals surface area contributed by atoms with Crippen molar-refractivity contribution in [3.8, 4) is 0 Å². The molecule has 2 aliphatic carbocycles. The van der Waals surface area contributed by atoms with E-state index in [0.29, 0.717) is 28.5 Å². The fourth-order valence-electron chi connectivity index (χ4n) is 5.79. The number of carbonyl (C=O) groups excluding carboxylic acids is 2. The molecule has 4 heterocycles. The molecule has 2 amide bonds. The van der Waals surface area contributed by atoms with Crippen molar-refractivity contribution in [1.82, 2.24) is 24.1 Å². The molecule has 1 spiro atoms. The van der Waals surface area contributed by atoms with Crippen molar-refractivity contribution < 1.29 is 14.0 Å². The average Bonchev–Trinajstić information content (AvgIpc) is 3.36. The summed E-state index contributed by atoms with van der Waals surface area (Å²) < 4.78 is 16.0. The predicted molar refractivity (Wildman–Crippen MR) is 130 cm³/mol. The molecule has 2 saturated carbocycles. The van der Waals surface area contributed by atoms with E-state index < -0.39 is 11.7 Å². The van der Waals surface area contributed by atoms with Gasteiger partial charge in [0.25, 0.3) is 11.5 Å². The van der Waals surface area contributed by atoms with Crippen molar-refractivity contribution in [3.05, 3.63) is 51.8 Å². The first-order chi connectivity index (χ1) is 17.2. The second-order valence-corrected chi connectivity index (χ2v) is 10.6. The molecule has 0 saturated heterocycles. The third-order valence-corrected chi connectivity index (χ3v) is 7.81. The van der Waals surface area contributed by atoms with Gasteiger partial charge in [-0.25, -0.2) is 9.37 Å². The maximum Gasteiger partial charge on any atom is 0.280 e. The van der Waals surface area contributed by atoms with Gasteiger partial charge in [-0.2, -0.15) is 4.52 Å². The zero-order valence-corrected chi connectivity index (χ0v) is 20.3. The Morgan fingerprint density at radius 1 is 1.22 bits per heavy atom. The highest BCUT2D eigenvalue weighted by molar-refractivity contribution is 5.98. The van der Waals surface area contributed by atoms with Gasteiger partial charge in [0, 0.05) is 18.2 Å². The molecule has 3 aromatic rings. The van der Waals surface area contributed by atoms with Gasteiger partial charge in [-0.1, -0.05) is 6.42 Å². The lowest BCUT2D eigenvalue weighted by atomic mass is 9.54. The number of aromatic nitrogens is 4. The highest BCUT2D eigenvalue weighted by atomic mass is 19.1. The Labute approximate surface area is 206 Å². The molecule has 10 nitrogen and oxygen atoms in total. The van der Waals surface area contributed by atoms with Gasteiger partial charge >= 0.3 is 0 Å². The maximum absolute atomic E-state index is 13.4. The summed E-state index contributed by atoms with van der Waals surface area (Å²) in [6.07, 6.45) is 7.05. The monoisotopic (exact) mass is 493 g/mol. The molecule has 2 fully saturated rings. The Morgan fingerprint density at radius 3 is 2.64 bits per heavy atom. The summed E-state index contributed by atoms with van der Waals surface area (Å²) in [4.78, 5) is 45.1. The number of fused-ring (bicyclic) bond motifs is 2. The maximum atomic E-state index is 13.4. The van der Waals surface area contributed by atoms with Crippen LogP contribution in [0.3, 0.4) is 0 Å². The lowest BCUT2D eigenvalue weighted by Crippen LogP contribution is -2.49. The van der Waals surface area contributed by atoms with E-state index in [-0.39, 0.29) is 42.1 Å². The molecule has 188 valence electrons. The minimum absolute atomic E-state index is 0.114. The smallest absolute Gasteiger partial charge is 0.280 e. The fraction of sp³-hybridized carbons (Fsp3) is 0.480. The van der Waals surface area contributed by atoms with E-state index in [0.717, 1.165) is 19.0 Å². The van der Waals surface area contributed by atoms with Crippen molar-refractivity contribution in [2.75, 3.05) is 10.6 Å². The molecule has 0 atom stereocenters. The van der Waals surface area contributed by atoms with Crippen molar-refractivity contribution in [2.45, 2.75) is 71.1 Å². The molecular weight excluding hydrogens is 465 g/mol. The van der Waals surface area contributed by atoms with Gasteiger partial charge in [0.15, 0.2) is 5.82 Å². The first-order valence-electron chi connectivity index (χ1n) is 12.4. The number of rotatable bonds is 6. The fourth-order valence-corrected chi connectivity index (χ4v) is 5.79. The summed E-state index contributed by atoms with van der Waals surface area (Å²) in [6, 6.07) is 4.47. The van der Waals surface area contributed by atoms with Crippen molar-refractivity contribution in [2.24, 2.45) is 5.41 Å². The van der Waals surface area contributed by atoms with Crippen LogP contribution in [-0.4, -0.2) is 48.0 Å². The molecular formula is C25H28FN7O3. The predicted octanol–water partition coefficient (Wildman–Crippen LogP) is 2.78. The van der Waals surface area contributed by atoms with Gasteiger partial charge in [-0.05, 0) is 57.1 Å². The van der Waals surface area contributed by atoms with E-state index in [4.69, 9.17) is 0 Å². The van der Waals surface area contributed by atoms with Crippen molar-refractivity contribution >= 4 is 29.1 Å². The number of carbonyl (C=O) groups is 2. The number of nitrogens with one attached hydrogen (secondary N) is 2. The van der Waals surface area contributed by atoms with Gasteiger partial charge < -0.3 is 20.1 Å². The quantitative estimate of drug-likeness (QED) is 0.546. The van der Waals surface area contributed by atoms with E-state index in [1.54, 1.807) is 15.5 Å². The number of amides is 2. The van der Waals surface area contributed by atoms with Gasteiger partial charge in [-0.3, -0.25) is 14.4 Å². The Hall–Kier alpha value is -3.76. The van der Waals surface area contributed by atoms with Crippen LogP contribution in [0.5, 0.6) is 0 Å². The molecule has 1 aliphatic heterocycles. The van der Waals surface area contributed by atoms with E-state index in [2.05, 4.69) is 20.7 Å². The number of halogens is 1. The lowest BCUT2D eigenvalue weighted by molar-refractivity contribution is -0.116. The summed E-state index contributed by atoms with van der Waals surface area (Å²) in [5.74, 6) is -0.525. The van der Waals surface area contributed by atoms with E-state index >= 15 is 0 Å². The highest BCUT2D eigenvalue weighted by Crippen LogP contribution is 2.56. The van der Waals surface area contributed by atoms with Gasteiger partial charge in [0.1, 0.15) is 29.5 Å². The Morgan fingerprint density at radius 2 is 2.00 bits per heavy atom. The number of nitrogens with zero attached hydrogens (tertiary/aromatic N) is 5. The molecule has 36 heavy (non-hydrogen) atoms. The standard InChI is InChI=1S/C25H28FN7O3/c1-14(2)31-12-17-22(24(31)36)32(13-20(34)29-18-5-4-15(26)11-27-18)21-8-19(30-33(21)23(17)35)28-16-9-25(10-16)6-3-7-25/h4-5,8,11,14,16H,3,6-7,9-10,12-13H2,1-2H3,(H,28,30)(H,27,29,34). The highest BCUT2D eigenvalue weighted by Gasteiger charge is 2.48. The first-order valence-corrected chi connectivity index (χ1v) is 12.4. The number of pyridine rings is 1. The van der Waals surface area contributed by atoms with Gasteiger partial charge in [0.05, 0.1) is 18.3 Å². The third kappa shape index (κ3) is 3.64. The zero-order valence-electron chi connectivity index (χ0n) is 20.3. The molecule has 0 unspecified atom stereocenters. The second-order valence-electron chi connectivity index (χ2n) is 10.6. The van der Waals surface area contributed by atoms with E-state index in [1.807, 2.05) is 13.8 Å². The normalized spacial score (nSPS) is 18.4. The minimum Gasteiger partial charge on any atom is -0.366 e. The molecule has 11 heteroatoms. The average molecular weight is 494 g/mol. The van der Waals surface area contributed by atoms with Crippen LogP contribution in [0.15, 0.2) is 29.2 Å². The van der Waals surface area contributed by atoms with Crippen molar-refractivity contribution in [3.63, 3.8) is 0 Å². The lowest BCUT2D eigenvalue weighted by Gasteiger charge is -2.54. The summed E-state index contributed by atoms with van der Waals surface area (Å²) in [6.45, 7) is 3.69. The zero-order chi connectivity index (χ0) is 25.2. The summed E-state index contributed by atoms with van der Waals surface area (Å²) in [5, 5.41) is 10.6. The van der Waals surface area contributed by atoms with Crippen LogP contribution in [-0.2, 0) is 17.9 Å². The van der Waals surface area contributed by atoms with Crippen LogP contribution in [0.4, 0.5) is 16.0 Å². The molecule has 3 aliphatic rings. The van der Waals surface area contributed by atoms with Crippen LogP contribution >= 0.6 is 0 Å². The largest absolute Gasteiger partial charge is 0.366 e. The first kappa shape index (κ1) is 22.7. The van der Waals surface area contributed by atoms with Crippen LogP contribution < -0.4 is 16.2 Å². The third-order valence-electron chi connectivity index (χ3n) is 7.81. The van der Waals surface area contributed by atoms with Crippen molar-refractivity contribution in [1.29, 1.82) is 0 Å².